The van der Waals surface area contributed by atoms with Crippen LogP contribution in [-0.4, -0.2) is 4.98 Å². The standard InChI is InChI=1S/C36H31N2S/c1-22-24-12-6-9-15-27(24)31(36(2,3)4)21-30(22)32-20-23(18-19-38(32)5)35-37-33-28-16-10-7-13-25(28)26-14-8-11-17-29(26)34(33)39-35/h6-21H,1-5H3/q+1. The molecule has 2 heterocycles. The number of hydrogen-bond acceptors (Lipinski definition) is 2. The molecule has 5 aromatic carbocycles. The van der Waals surface area contributed by atoms with Gasteiger partial charge in [0, 0.05) is 34.0 Å². The van der Waals surface area contributed by atoms with Crippen LogP contribution < -0.4 is 4.57 Å². The van der Waals surface area contributed by atoms with Crippen LogP contribution in [-0.2, 0) is 12.5 Å². The first-order chi connectivity index (χ1) is 18.8. The minimum absolute atomic E-state index is 0.0351. The third-order valence-electron chi connectivity index (χ3n) is 8.07. The largest absolute Gasteiger partial charge is 0.235 e. The van der Waals surface area contributed by atoms with E-state index in [1.54, 1.807) is 11.3 Å². The summed E-state index contributed by atoms with van der Waals surface area (Å²) in [5.74, 6) is 0. The van der Waals surface area contributed by atoms with Crippen molar-refractivity contribution in [3.05, 3.63) is 108 Å². The lowest BCUT2D eigenvalue weighted by Gasteiger charge is -2.23. The molecule has 0 aliphatic heterocycles. The van der Waals surface area contributed by atoms with Crippen molar-refractivity contribution in [3.63, 3.8) is 0 Å². The lowest BCUT2D eigenvalue weighted by atomic mass is 9.80. The molecule has 0 spiro atoms. The predicted octanol–water partition coefficient (Wildman–Crippen LogP) is 9.52. The molecule has 0 fully saturated rings. The van der Waals surface area contributed by atoms with Gasteiger partial charge in [0.05, 0.1) is 10.2 Å². The summed E-state index contributed by atoms with van der Waals surface area (Å²) in [5.41, 5.74) is 7.45. The highest BCUT2D eigenvalue weighted by Gasteiger charge is 2.24. The van der Waals surface area contributed by atoms with Crippen LogP contribution in [0.4, 0.5) is 0 Å². The molecule has 2 aromatic heterocycles. The summed E-state index contributed by atoms with van der Waals surface area (Å²) >= 11 is 1.80. The van der Waals surface area contributed by atoms with Gasteiger partial charge in [-0.3, -0.25) is 0 Å². The minimum Gasteiger partial charge on any atom is -0.235 e. The second-order valence-corrected chi connectivity index (χ2v) is 12.6. The van der Waals surface area contributed by atoms with E-state index in [4.69, 9.17) is 4.98 Å². The Bertz CT molecular complexity index is 2000. The summed E-state index contributed by atoms with van der Waals surface area (Å²) < 4.78 is 3.50. The fraction of sp³-hybridized carbons (Fsp3) is 0.167. The Labute approximate surface area is 233 Å². The van der Waals surface area contributed by atoms with Crippen LogP contribution in [0.2, 0.25) is 0 Å². The number of aryl methyl sites for hydroxylation is 2. The maximum absolute atomic E-state index is 5.26. The average Bonchev–Trinajstić information content (AvgIpc) is 3.40. The molecule has 0 bridgehead atoms. The molecule has 2 nitrogen and oxygen atoms in total. The molecule has 39 heavy (non-hydrogen) atoms. The van der Waals surface area contributed by atoms with Crippen molar-refractivity contribution in [3.8, 4) is 21.8 Å². The Balaban J connectivity index is 1.48. The lowest BCUT2D eigenvalue weighted by Crippen LogP contribution is -2.30. The highest BCUT2D eigenvalue weighted by molar-refractivity contribution is 7.22. The Hall–Kier alpha value is -4.08. The second kappa shape index (κ2) is 8.72. The number of fused-ring (bicyclic) bond motifs is 7. The first-order valence-electron chi connectivity index (χ1n) is 13.5. The van der Waals surface area contributed by atoms with Gasteiger partial charge in [-0.2, -0.15) is 0 Å². The zero-order valence-electron chi connectivity index (χ0n) is 23.0. The molecule has 0 N–H and O–H groups in total. The molecule has 0 aliphatic rings. The smallest absolute Gasteiger partial charge is 0.213 e. The number of rotatable bonds is 2. The second-order valence-electron chi connectivity index (χ2n) is 11.6. The van der Waals surface area contributed by atoms with E-state index in [2.05, 4.69) is 137 Å². The normalized spacial score (nSPS) is 12.2. The molecular weight excluding hydrogens is 492 g/mol. The van der Waals surface area contributed by atoms with Crippen molar-refractivity contribution in [1.29, 1.82) is 0 Å². The Morgan fingerprint density at radius 3 is 1.97 bits per heavy atom. The third kappa shape index (κ3) is 3.76. The molecule has 0 saturated heterocycles. The van der Waals surface area contributed by atoms with Crippen molar-refractivity contribution >= 4 is 53.9 Å². The van der Waals surface area contributed by atoms with Crippen molar-refractivity contribution in [2.75, 3.05) is 0 Å². The third-order valence-corrected chi connectivity index (χ3v) is 9.20. The van der Waals surface area contributed by atoms with Gasteiger partial charge in [-0.1, -0.05) is 93.6 Å². The van der Waals surface area contributed by atoms with Gasteiger partial charge in [0.15, 0.2) is 6.20 Å². The fourth-order valence-electron chi connectivity index (χ4n) is 6.03. The van der Waals surface area contributed by atoms with E-state index in [9.17, 15) is 0 Å². The zero-order valence-corrected chi connectivity index (χ0v) is 23.9. The average molecular weight is 524 g/mol. The van der Waals surface area contributed by atoms with Gasteiger partial charge in [-0.05, 0) is 51.1 Å². The van der Waals surface area contributed by atoms with Gasteiger partial charge in [0.1, 0.15) is 12.1 Å². The molecule has 3 heteroatoms. The Morgan fingerprint density at radius 1 is 0.692 bits per heavy atom. The van der Waals surface area contributed by atoms with Crippen LogP contribution in [0.3, 0.4) is 0 Å². The summed E-state index contributed by atoms with van der Waals surface area (Å²) in [6.45, 7) is 9.17. The van der Waals surface area contributed by atoms with Crippen LogP contribution in [0, 0.1) is 6.92 Å². The maximum Gasteiger partial charge on any atom is 0.213 e. The molecule has 0 atom stereocenters. The molecule has 190 valence electrons. The molecular formula is C36H31N2S+. The van der Waals surface area contributed by atoms with E-state index in [0.717, 1.165) is 16.1 Å². The minimum atomic E-state index is 0.0351. The zero-order chi connectivity index (χ0) is 26.9. The van der Waals surface area contributed by atoms with E-state index < -0.39 is 0 Å². The fourth-order valence-corrected chi connectivity index (χ4v) is 7.14. The quantitative estimate of drug-likeness (QED) is 0.163. The Kier molecular flexibility index (Phi) is 5.37. The van der Waals surface area contributed by atoms with Gasteiger partial charge in [-0.25, -0.2) is 9.55 Å². The van der Waals surface area contributed by atoms with Crippen molar-refractivity contribution in [2.45, 2.75) is 33.1 Å². The van der Waals surface area contributed by atoms with Gasteiger partial charge in [-0.15, -0.1) is 11.3 Å². The Morgan fingerprint density at radius 2 is 1.28 bits per heavy atom. The maximum atomic E-state index is 5.26. The van der Waals surface area contributed by atoms with Crippen LogP contribution >= 0.6 is 11.3 Å². The molecule has 0 aliphatic carbocycles. The lowest BCUT2D eigenvalue weighted by molar-refractivity contribution is -0.660. The van der Waals surface area contributed by atoms with Crippen molar-refractivity contribution < 1.29 is 4.57 Å². The first kappa shape index (κ1) is 24.0. The number of pyridine rings is 1. The van der Waals surface area contributed by atoms with E-state index in [1.807, 2.05) is 0 Å². The molecule has 7 aromatic rings. The van der Waals surface area contributed by atoms with Gasteiger partial charge < -0.3 is 0 Å². The number of hydrogen-bond donors (Lipinski definition) is 0. The summed E-state index contributed by atoms with van der Waals surface area (Å²) in [6.07, 6.45) is 2.18. The van der Waals surface area contributed by atoms with Crippen molar-refractivity contribution in [1.82, 2.24) is 4.98 Å². The number of nitrogens with zero attached hydrogens (tertiary/aromatic N) is 2. The van der Waals surface area contributed by atoms with Gasteiger partial charge in [0.25, 0.3) is 0 Å². The van der Waals surface area contributed by atoms with Crippen LogP contribution in [0.1, 0.15) is 31.9 Å². The first-order valence-corrected chi connectivity index (χ1v) is 14.4. The molecule has 0 saturated carbocycles. The van der Waals surface area contributed by atoms with E-state index in [-0.39, 0.29) is 5.41 Å². The van der Waals surface area contributed by atoms with Gasteiger partial charge in [0.2, 0.25) is 5.69 Å². The summed E-state index contributed by atoms with van der Waals surface area (Å²) in [4.78, 5) is 5.26. The SMILES string of the molecule is Cc1c(-c2cc(-c3nc4c5ccccc5c5ccccc5c4s3)cc[n+]2C)cc(C(C)(C)C)c2ccccc12. The summed E-state index contributed by atoms with van der Waals surface area (Å²) in [6, 6.07) is 33.1. The topological polar surface area (TPSA) is 16.8 Å². The molecule has 0 unspecified atom stereocenters. The highest BCUT2D eigenvalue weighted by atomic mass is 32.1. The van der Waals surface area contributed by atoms with Crippen LogP contribution in [0.25, 0.3) is 64.4 Å². The van der Waals surface area contributed by atoms with Gasteiger partial charge >= 0.3 is 0 Å². The van der Waals surface area contributed by atoms with Crippen LogP contribution in [0.15, 0.2) is 97.2 Å². The molecule has 0 radical (unpaired) electrons. The van der Waals surface area contributed by atoms with E-state index in [1.165, 1.54) is 59.4 Å². The molecule has 7 rings (SSSR count). The number of aromatic nitrogens is 2. The monoisotopic (exact) mass is 523 g/mol. The number of thiazole rings is 1. The number of benzene rings is 5. The molecule has 0 amide bonds. The predicted molar refractivity (Wildman–Crippen MR) is 168 cm³/mol. The van der Waals surface area contributed by atoms with Crippen LogP contribution in [0.5, 0.6) is 0 Å². The van der Waals surface area contributed by atoms with Crippen molar-refractivity contribution in [2.24, 2.45) is 7.05 Å². The van der Waals surface area contributed by atoms with E-state index >= 15 is 0 Å². The summed E-state index contributed by atoms with van der Waals surface area (Å²) in [7, 11) is 2.14. The summed E-state index contributed by atoms with van der Waals surface area (Å²) in [5, 5.41) is 8.77. The highest BCUT2D eigenvalue weighted by Crippen LogP contribution is 2.42. The van der Waals surface area contributed by atoms with E-state index in [0.29, 0.717) is 0 Å².